The van der Waals surface area contributed by atoms with Crippen LogP contribution < -0.4 is 0 Å². The third-order valence-corrected chi connectivity index (χ3v) is 1.73. The van der Waals surface area contributed by atoms with Crippen LogP contribution in [0.5, 0.6) is 0 Å². The molecule has 0 fully saturated rings. The Kier molecular flexibility index (Phi) is 2.97. The molecule has 0 amide bonds. The van der Waals surface area contributed by atoms with Gasteiger partial charge in [-0.25, -0.2) is 9.18 Å². The van der Waals surface area contributed by atoms with Crippen molar-refractivity contribution in [3.05, 3.63) is 35.1 Å². The van der Waals surface area contributed by atoms with E-state index in [9.17, 15) is 27.2 Å². The molecule has 16 heavy (non-hydrogen) atoms. The molecule has 3 nitrogen and oxygen atoms in total. The van der Waals surface area contributed by atoms with Gasteiger partial charge in [-0.1, -0.05) is 0 Å². The number of carbonyl (C=O) groups excluding carboxylic acids is 1. The highest BCUT2D eigenvalue weighted by atomic mass is 19.4. The molecule has 0 bridgehead atoms. The molecule has 1 aromatic carbocycles. The average Bonchev–Trinajstić information content (AvgIpc) is 2.15. The number of alkyl halides is 3. The van der Waals surface area contributed by atoms with Crippen molar-refractivity contribution in [2.75, 3.05) is 0 Å². The molecular weight excluding hydrogens is 232 g/mol. The molecule has 0 aliphatic heterocycles. The average molecular weight is 236 g/mol. The van der Waals surface area contributed by atoms with Crippen molar-refractivity contribution >= 4 is 11.8 Å². The zero-order valence-electron chi connectivity index (χ0n) is 7.51. The largest absolute Gasteiger partial charge is 0.475 e. The van der Waals surface area contributed by atoms with Crippen LogP contribution in [0.15, 0.2) is 18.2 Å². The molecule has 0 atom stereocenters. The molecule has 0 aromatic heterocycles. The maximum Gasteiger partial charge on any atom is 0.419 e. The number of benzene rings is 1. The number of carbonyl (C=O) groups is 2. The molecule has 0 aliphatic rings. The summed E-state index contributed by atoms with van der Waals surface area (Å²) in [6.07, 6.45) is -4.97. The SMILES string of the molecule is O=C(O)C(=O)c1ccc(F)c(C(F)(F)F)c1. The van der Waals surface area contributed by atoms with Crippen molar-refractivity contribution in [1.82, 2.24) is 0 Å². The molecule has 86 valence electrons. The lowest BCUT2D eigenvalue weighted by Crippen LogP contribution is -2.15. The molecule has 1 rings (SSSR count). The van der Waals surface area contributed by atoms with Gasteiger partial charge in [-0.15, -0.1) is 0 Å². The minimum Gasteiger partial charge on any atom is -0.475 e. The van der Waals surface area contributed by atoms with E-state index in [1.54, 1.807) is 0 Å². The standard InChI is InChI=1S/C9H4F4O3/c10-6-2-1-4(7(14)8(15)16)3-5(6)9(11,12)13/h1-3H,(H,15,16). The Morgan fingerprint density at radius 1 is 1.19 bits per heavy atom. The van der Waals surface area contributed by atoms with Crippen molar-refractivity contribution in [2.24, 2.45) is 0 Å². The number of carboxylic acids is 1. The van der Waals surface area contributed by atoms with E-state index in [2.05, 4.69) is 0 Å². The fourth-order valence-electron chi connectivity index (χ4n) is 1.01. The molecule has 1 N–H and O–H groups in total. The van der Waals surface area contributed by atoms with Gasteiger partial charge < -0.3 is 5.11 Å². The van der Waals surface area contributed by atoms with Crippen LogP contribution in [0.4, 0.5) is 17.6 Å². The van der Waals surface area contributed by atoms with E-state index >= 15 is 0 Å². The smallest absolute Gasteiger partial charge is 0.419 e. The van der Waals surface area contributed by atoms with Gasteiger partial charge in [0, 0.05) is 5.56 Å². The van der Waals surface area contributed by atoms with E-state index in [4.69, 9.17) is 5.11 Å². The third-order valence-electron chi connectivity index (χ3n) is 1.73. The van der Waals surface area contributed by atoms with Crippen molar-refractivity contribution in [3.63, 3.8) is 0 Å². The monoisotopic (exact) mass is 236 g/mol. The molecule has 1 aromatic rings. The normalized spacial score (nSPS) is 11.2. The number of hydrogen-bond donors (Lipinski definition) is 1. The Labute approximate surface area is 86.3 Å². The predicted octanol–water partition coefficient (Wildman–Crippen LogP) is 2.11. The second-order valence-corrected chi connectivity index (χ2v) is 2.83. The Hall–Kier alpha value is -1.92. The van der Waals surface area contributed by atoms with Gasteiger partial charge in [0.05, 0.1) is 5.56 Å². The zero-order chi connectivity index (χ0) is 12.5. The minimum atomic E-state index is -4.97. The molecule has 7 heteroatoms. The number of rotatable bonds is 2. The molecule has 0 spiro atoms. The first kappa shape index (κ1) is 12.2. The van der Waals surface area contributed by atoms with E-state index in [1.165, 1.54) is 0 Å². The summed E-state index contributed by atoms with van der Waals surface area (Å²) in [7, 11) is 0. The third kappa shape index (κ3) is 2.36. The molecule has 0 aliphatic carbocycles. The fourth-order valence-corrected chi connectivity index (χ4v) is 1.01. The predicted molar refractivity (Wildman–Crippen MR) is 43.4 cm³/mol. The minimum absolute atomic E-state index is 0.172. The molecular formula is C9H4F4O3. The van der Waals surface area contributed by atoms with Crippen LogP contribution in [0.25, 0.3) is 0 Å². The molecule has 0 unspecified atom stereocenters. The van der Waals surface area contributed by atoms with Gasteiger partial charge in [0.15, 0.2) is 0 Å². The summed E-state index contributed by atoms with van der Waals surface area (Å²) in [4.78, 5) is 21.1. The first-order valence-corrected chi connectivity index (χ1v) is 3.88. The van der Waals surface area contributed by atoms with Crippen molar-refractivity contribution in [3.8, 4) is 0 Å². The second kappa shape index (κ2) is 3.92. The van der Waals surface area contributed by atoms with Crippen LogP contribution in [0.2, 0.25) is 0 Å². The van der Waals surface area contributed by atoms with Crippen LogP contribution in [0.3, 0.4) is 0 Å². The number of carboxylic acid groups (broad SMARTS) is 1. The maximum atomic E-state index is 12.8. The van der Waals surface area contributed by atoms with E-state index < -0.39 is 34.9 Å². The highest BCUT2D eigenvalue weighted by molar-refractivity contribution is 6.39. The first-order chi connectivity index (χ1) is 7.23. The summed E-state index contributed by atoms with van der Waals surface area (Å²) >= 11 is 0. The van der Waals surface area contributed by atoms with Gasteiger partial charge in [-0.3, -0.25) is 4.79 Å². The molecule has 0 radical (unpaired) electrons. The van der Waals surface area contributed by atoms with E-state index in [0.717, 1.165) is 0 Å². The summed E-state index contributed by atoms with van der Waals surface area (Å²) in [6, 6.07) is 1.26. The summed E-state index contributed by atoms with van der Waals surface area (Å²) in [5.41, 5.74) is -2.39. The van der Waals surface area contributed by atoms with Crippen LogP contribution >= 0.6 is 0 Å². The van der Waals surface area contributed by atoms with Gasteiger partial charge in [0.1, 0.15) is 5.82 Å². The highest BCUT2D eigenvalue weighted by Gasteiger charge is 2.35. The quantitative estimate of drug-likeness (QED) is 0.486. The number of halogens is 4. The van der Waals surface area contributed by atoms with Gasteiger partial charge in [-0.05, 0) is 18.2 Å². The summed E-state index contributed by atoms with van der Waals surface area (Å²) in [5, 5.41) is 8.27. The summed E-state index contributed by atoms with van der Waals surface area (Å²) < 4.78 is 49.3. The van der Waals surface area contributed by atoms with Crippen molar-refractivity contribution in [2.45, 2.75) is 6.18 Å². The Morgan fingerprint density at radius 3 is 2.19 bits per heavy atom. The van der Waals surface area contributed by atoms with Gasteiger partial charge in [-0.2, -0.15) is 13.2 Å². The summed E-state index contributed by atoms with van der Waals surface area (Å²) in [5.74, 6) is -4.99. The molecule has 0 saturated carbocycles. The van der Waals surface area contributed by atoms with E-state index in [0.29, 0.717) is 12.1 Å². The van der Waals surface area contributed by atoms with Crippen LogP contribution in [0, 0.1) is 5.82 Å². The molecule has 0 heterocycles. The second-order valence-electron chi connectivity index (χ2n) is 2.83. The van der Waals surface area contributed by atoms with Gasteiger partial charge >= 0.3 is 12.1 Å². The van der Waals surface area contributed by atoms with Gasteiger partial charge in [0.2, 0.25) is 0 Å². The van der Waals surface area contributed by atoms with Crippen LogP contribution in [0.1, 0.15) is 15.9 Å². The van der Waals surface area contributed by atoms with Gasteiger partial charge in [0.25, 0.3) is 5.78 Å². The maximum absolute atomic E-state index is 12.8. The van der Waals surface area contributed by atoms with Crippen molar-refractivity contribution in [1.29, 1.82) is 0 Å². The van der Waals surface area contributed by atoms with E-state index in [1.807, 2.05) is 0 Å². The number of aliphatic carboxylic acids is 1. The van der Waals surface area contributed by atoms with Crippen LogP contribution in [-0.2, 0) is 11.0 Å². The molecule has 0 saturated heterocycles. The first-order valence-electron chi connectivity index (χ1n) is 3.88. The highest BCUT2D eigenvalue weighted by Crippen LogP contribution is 2.31. The Balaban J connectivity index is 3.28. The van der Waals surface area contributed by atoms with E-state index in [-0.39, 0.29) is 6.07 Å². The lowest BCUT2D eigenvalue weighted by molar-refractivity contribution is -0.140. The van der Waals surface area contributed by atoms with Crippen molar-refractivity contribution < 1.29 is 32.3 Å². The lowest BCUT2D eigenvalue weighted by Gasteiger charge is -2.08. The van der Waals surface area contributed by atoms with Crippen LogP contribution in [-0.4, -0.2) is 16.9 Å². The number of Topliss-reactive ketones (excluding diaryl/α,β-unsaturated/α-hetero) is 1. The fraction of sp³-hybridized carbons (Fsp3) is 0.111. The number of hydrogen-bond acceptors (Lipinski definition) is 2. The Morgan fingerprint density at radius 2 is 1.75 bits per heavy atom. The topological polar surface area (TPSA) is 54.4 Å². The Bertz CT molecular complexity index is 451. The number of ketones is 1. The lowest BCUT2D eigenvalue weighted by atomic mass is 10.1. The zero-order valence-corrected chi connectivity index (χ0v) is 7.51. The summed E-state index contributed by atoms with van der Waals surface area (Å²) in [6.45, 7) is 0.